The lowest BCUT2D eigenvalue weighted by Gasteiger charge is -2.33. The zero-order valence-electron chi connectivity index (χ0n) is 10.00. The summed E-state index contributed by atoms with van der Waals surface area (Å²) in [7, 11) is 0. The number of hydrogen-bond acceptors (Lipinski definition) is 3. The molecule has 0 amide bonds. The molecule has 2 atom stereocenters. The van der Waals surface area contributed by atoms with Gasteiger partial charge in [0.25, 0.3) is 0 Å². The van der Waals surface area contributed by atoms with Crippen LogP contribution in [0.1, 0.15) is 27.7 Å². The van der Waals surface area contributed by atoms with Crippen LogP contribution in [0.3, 0.4) is 0 Å². The van der Waals surface area contributed by atoms with Crippen LogP contribution in [0, 0.1) is 5.92 Å². The fraction of sp³-hybridized carbons (Fsp3) is 0.462. The van der Waals surface area contributed by atoms with Crippen LogP contribution in [-0.4, -0.2) is 17.0 Å². The SMILES string of the molecule is CC1=C(O)C(C)=C2C(=CO[C@H](C)[C@H]2C)C1=O. The number of Topliss-reactive ketones (excluding diaryl/α,β-unsaturated/α-hetero) is 1. The lowest BCUT2D eigenvalue weighted by Crippen LogP contribution is -2.30. The molecule has 3 heteroatoms. The van der Waals surface area contributed by atoms with E-state index in [1.165, 1.54) is 6.26 Å². The molecule has 3 nitrogen and oxygen atoms in total. The van der Waals surface area contributed by atoms with Crippen LogP contribution in [0.5, 0.6) is 0 Å². The predicted octanol–water partition coefficient (Wildman–Crippen LogP) is 2.66. The number of hydrogen-bond donors (Lipinski definition) is 1. The third-order valence-electron chi connectivity index (χ3n) is 3.55. The fourth-order valence-corrected chi connectivity index (χ4v) is 2.27. The average Bonchev–Trinajstić information content (AvgIpc) is 2.27. The molecule has 0 unspecified atom stereocenters. The number of ketones is 1. The number of aliphatic hydroxyl groups is 1. The first kappa shape index (κ1) is 11.0. The van der Waals surface area contributed by atoms with E-state index < -0.39 is 0 Å². The summed E-state index contributed by atoms with van der Waals surface area (Å²) >= 11 is 0. The van der Waals surface area contributed by atoms with Gasteiger partial charge in [-0.1, -0.05) is 6.92 Å². The van der Waals surface area contributed by atoms with E-state index in [4.69, 9.17) is 4.74 Å². The van der Waals surface area contributed by atoms with Crippen LogP contribution in [0.2, 0.25) is 0 Å². The molecule has 86 valence electrons. The highest BCUT2D eigenvalue weighted by Gasteiger charge is 2.35. The average molecular weight is 220 g/mol. The number of ether oxygens (including phenoxy) is 1. The van der Waals surface area contributed by atoms with Gasteiger partial charge in [-0.2, -0.15) is 0 Å². The molecule has 1 heterocycles. The van der Waals surface area contributed by atoms with E-state index in [1.54, 1.807) is 6.92 Å². The van der Waals surface area contributed by atoms with Gasteiger partial charge in [0.1, 0.15) is 11.9 Å². The molecule has 0 radical (unpaired) electrons. The van der Waals surface area contributed by atoms with Crippen molar-refractivity contribution in [3.05, 3.63) is 34.3 Å². The molecular formula is C13H16O3. The lowest BCUT2D eigenvalue weighted by atomic mass is 9.78. The molecule has 0 saturated carbocycles. The van der Waals surface area contributed by atoms with E-state index in [2.05, 4.69) is 0 Å². The Kier molecular flexibility index (Phi) is 2.41. The summed E-state index contributed by atoms with van der Waals surface area (Å²) in [6, 6.07) is 0. The number of carbonyl (C=O) groups is 1. The summed E-state index contributed by atoms with van der Waals surface area (Å²) in [6.45, 7) is 7.47. The second-order valence-corrected chi connectivity index (χ2v) is 4.50. The first-order valence-corrected chi connectivity index (χ1v) is 5.46. The maximum atomic E-state index is 12.0. The minimum Gasteiger partial charge on any atom is -0.507 e. The number of fused-ring (bicyclic) bond motifs is 1. The molecule has 0 spiro atoms. The molecule has 1 aliphatic carbocycles. The molecule has 16 heavy (non-hydrogen) atoms. The van der Waals surface area contributed by atoms with Gasteiger partial charge in [0.15, 0.2) is 5.78 Å². The molecule has 0 saturated heterocycles. The van der Waals surface area contributed by atoms with Crippen LogP contribution >= 0.6 is 0 Å². The quantitative estimate of drug-likeness (QED) is 0.682. The van der Waals surface area contributed by atoms with Crippen LogP contribution in [0.4, 0.5) is 0 Å². The summed E-state index contributed by atoms with van der Waals surface area (Å²) < 4.78 is 5.44. The van der Waals surface area contributed by atoms with Gasteiger partial charge >= 0.3 is 0 Å². The molecule has 1 N–H and O–H groups in total. The molecule has 2 aliphatic rings. The molecule has 0 bridgehead atoms. The van der Waals surface area contributed by atoms with Crippen molar-refractivity contribution >= 4 is 5.78 Å². The molecule has 0 aromatic rings. The van der Waals surface area contributed by atoms with Gasteiger partial charge in [-0.15, -0.1) is 0 Å². The summed E-state index contributed by atoms with van der Waals surface area (Å²) in [6.07, 6.45) is 1.56. The van der Waals surface area contributed by atoms with Crippen LogP contribution in [-0.2, 0) is 9.53 Å². The molecule has 1 aliphatic heterocycles. The molecule has 0 aromatic carbocycles. The Balaban J connectivity index is 2.65. The van der Waals surface area contributed by atoms with E-state index >= 15 is 0 Å². The van der Waals surface area contributed by atoms with E-state index in [0.29, 0.717) is 11.1 Å². The summed E-state index contributed by atoms with van der Waals surface area (Å²) in [4.78, 5) is 12.0. The van der Waals surface area contributed by atoms with Crippen molar-refractivity contribution in [2.24, 2.45) is 5.92 Å². The molecule has 2 rings (SSSR count). The van der Waals surface area contributed by atoms with E-state index in [0.717, 1.165) is 11.1 Å². The summed E-state index contributed by atoms with van der Waals surface area (Å²) in [5, 5.41) is 9.89. The van der Waals surface area contributed by atoms with Crippen molar-refractivity contribution < 1.29 is 14.6 Å². The summed E-state index contributed by atoms with van der Waals surface area (Å²) in [5.74, 6) is 0.120. The maximum Gasteiger partial charge on any atom is 0.195 e. The van der Waals surface area contributed by atoms with Gasteiger partial charge in [0.05, 0.1) is 11.8 Å². The number of rotatable bonds is 0. The Bertz CT molecular complexity index is 452. The molecule has 0 aromatic heterocycles. The highest BCUT2D eigenvalue weighted by Crippen LogP contribution is 2.39. The van der Waals surface area contributed by atoms with Crippen molar-refractivity contribution in [1.82, 2.24) is 0 Å². The van der Waals surface area contributed by atoms with Crippen LogP contribution in [0.15, 0.2) is 34.3 Å². The highest BCUT2D eigenvalue weighted by molar-refractivity contribution is 6.13. The van der Waals surface area contributed by atoms with Crippen LogP contribution < -0.4 is 0 Å². The van der Waals surface area contributed by atoms with Crippen molar-refractivity contribution in [3.63, 3.8) is 0 Å². The Morgan fingerprint density at radius 3 is 2.50 bits per heavy atom. The van der Waals surface area contributed by atoms with Gasteiger partial charge < -0.3 is 9.84 Å². The second kappa shape index (κ2) is 3.51. The predicted molar refractivity (Wildman–Crippen MR) is 60.8 cm³/mol. The van der Waals surface area contributed by atoms with E-state index in [1.807, 2.05) is 20.8 Å². The minimum absolute atomic E-state index is 0.0349. The number of allylic oxidation sites excluding steroid dienone is 3. The number of carbonyl (C=O) groups excluding carboxylic acids is 1. The van der Waals surface area contributed by atoms with Gasteiger partial charge in [0, 0.05) is 11.5 Å². The van der Waals surface area contributed by atoms with E-state index in [9.17, 15) is 9.90 Å². The highest BCUT2D eigenvalue weighted by atomic mass is 16.5. The lowest BCUT2D eigenvalue weighted by molar-refractivity contribution is -0.112. The van der Waals surface area contributed by atoms with Gasteiger partial charge in [0.2, 0.25) is 0 Å². The van der Waals surface area contributed by atoms with Gasteiger partial charge in [-0.05, 0) is 31.9 Å². The molecule has 0 fully saturated rings. The normalized spacial score (nSPS) is 30.0. The number of aliphatic hydroxyl groups excluding tert-OH is 1. The Morgan fingerprint density at radius 1 is 1.25 bits per heavy atom. The van der Waals surface area contributed by atoms with Gasteiger partial charge in [-0.25, -0.2) is 0 Å². The van der Waals surface area contributed by atoms with Gasteiger partial charge in [-0.3, -0.25) is 4.79 Å². The zero-order chi connectivity index (χ0) is 12.0. The standard InChI is InChI=1S/C13H16O3/c1-6-9(4)16-5-10-11(6)7(2)12(14)8(3)13(10)15/h5-6,9,14H,1-4H3/t6-,9-/m1/s1. The zero-order valence-corrected chi connectivity index (χ0v) is 10.00. The first-order chi connectivity index (χ1) is 7.45. The first-order valence-electron chi connectivity index (χ1n) is 5.46. The minimum atomic E-state index is -0.128. The largest absolute Gasteiger partial charge is 0.507 e. The maximum absolute atomic E-state index is 12.0. The molecular weight excluding hydrogens is 204 g/mol. The summed E-state index contributed by atoms with van der Waals surface area (Å²) in [5.41, 5.74) is 2.72. The third kappa shape index (κ3) is 1.31. The fourth-order valence-electron chi connectivity index (χ4n) is 2.27. The Labute approximate surface area is 95.1 Å². The van der Waals surface area contributed by atoms with E-state index in [-0.39, 0.29) is 23.6 Å². The Hall–Kier alpha value is -1.51. The monoisotopic (exact) mass is 220 g/mol. The third-order valence-corrected chi connectivity index (χ3v) is 3.55. The van der Waals surface area contributed by atoms with Crippen molar-refractivity contribution in [3.8, 4) is 0 Å². The Morgan fingerprint density at radius 2 is 1.88 bits per heavy atom. The smallest absolute Gasteiger partial charge is 0.195 e. The second-order valence-electron chi connectivity index (χ2n) is 4.50. The van der Waals surface area contributed by atoms with Crippen LogP contribution in [0.25, 0.3) is 0 Å². The topological polar surface area (TPSA) is 46.5 Å². The van der Waals surface area contributed by atoms with Crippen molar-refractivity contribution in [2.45, 2.75) is 33.8 Å². The van der Waals surface area contributed by atoms with Crippen molar-refractivity contribution in [2.75, 3.05) is 0 Å². The van der Waals surface area contributed by atoms with Crippen molar-refractivity contribution in [1.29, 1.82) is 0 Å².